The van der Waals surface area contributed by atoms with E-state index in [-0.39, 0.29) is 5.89 Å². The van der Waals surface area contributed by atoms with Crippen molar-refractivity contribution in [2.75, 3.05) is 0 Å². The van der Waals surface area contributed by atoms with Crippen molar-refractivity contribution in [2.45, 2.75) is 20.0 Å². The van der Waals surface area contributed by atoms with E-state index < -0.39 is 6.10 Å². The van der Waals surface area contributed by atoms with Crippen LogP contribution in [0.1, 0.15) is 24.8 Å². The summed E-state index contributed by atoms with van der Waals surface area (Å²) in [7, 11) is 0. The molecule has 0 spiro atoms. The van der Waals surface area contributed by atoms with Crippen molar-refractivity contribution >= 4 is 0 Å². The second-order valence-corrected chi connectivity index (χ2v) is 1.84. The average Bonchev–Trinajstić information content (AvgIpc) is 2.14. The van der Waals surface area contributed by atoms with Gasteiger partial charge in [0, 0.05) is 6.92 Å². The molecule has 0 aromatic carbocycles. The molecular formula is C5H8N2O2. The van der Waals surface area contributed by atoms with Gasteiger partial charge in [-0.2, -0.15) is 0 Å². The van der Waals surface area contributed by atoms with E-state index >= 15 is 0 Å². The Morgan fingerprint density at radius 3 is 2.44 bits per heavy atom. The van der Waals surface area contributed by atoms with E-state index in [2.05, 4.69) is 10.2 Å². The van der Waals surface area contributed by atoms with Crippen LogP contribution in [0.3, 0.4) is 0 Å². The van der Waals surface area contributed by atoms with E-state index in [0.717, 1.165) is 0 Å². The van der Waals surface area contributed by atoms with Crippen LogP contribution in [-0.4, -0.2) is 15.3 Å². The summed E-state index contributed by atoms with van der Waals surface area (Å²) in [5, 5.41) is 16.0. The summed E-state index contributed by atoms with van der Waals surface area (Å²) in [5.41, 5.74) is 0. The summed E-state index contributed by atoms with van der Waals surface area (Å²) in [6.45, 7) is 3.26. The first-order valence-electron chi connectivity index (χ1n) is 2.68. The van der Waals surface area contributed by atoms with Crippen LogP contribution in [0.25, 0.3) is 0 Å². The maximum atomic E-state index is 8.84. The Labute approximate surface area is 52.5 Å². The maximum absolute atomic E-state index is 8.84. The van der Waals surface area contributed by atoms with Gasteiger partial charge in [0.05, 0.1) is 0 Å². The van der Waals surface area contributed by atoms with Crippen molar-refractivity contribution in [3.8, 4) is 0 Å². The van der Waals surface area contributed by atoms with Crippen molar-refractivity contribution in [1.29, 1.82) is 0 Å². The second-order valence-electron chi connectivity index (χ2n) is 1.84. The number of hydrogen-bond donors (Lipinski definition) is 1. The van der Waals surface area contributed by atoms with Crippen LogP contribution in [0.5, 0.6) is 0 Å². The minimum atomic E-state index is -0.661. The fourth-order valence-corrected chi connectivity index (χ4v) is 0.481. The molecule has 0 amide bonds. The normalized spacial score (nSPS) is 13.7. The van der Waals surface area contributed by atoms with E-state index in [1.54, 1.807) is 13.8 Å². The highest BCUT2D eigenvalue weighted by atomic mass is 16.4. The molecule has 1 N–H and O–H groups in total. The van der Waals surface area contributed by atoms with Crippen molar-refractivity contribution < 1.29 is 9.52 Å². The number of aliphatic hydroxyl groups is 1. The smallest absolute Gasteiger partial charge is 0.244 e. The number of nitrogens with zero attached hydrogens (tertiary/aromatic N) is 2. The monoisotopic (exact) mass is 128 g/mol. The van der Waals surface area contributed by atoms with Gasteiger partial charge in [0.1, 0.15) is 6.10 Å². The lowest BCUT2D eigenvalue weighted by atomic mass is 10.4. The summed E-state index contributed by atoms with van der Waals surface area (Å²) in [5.74, 6) is 0.749. The van der Waals surface area contributed by atoms with E-state index in [0.29, 0.717) is 5.89 Å². The number of aliphatic hydroxyl groups excluding tert-OH is 1. The lowest BCUT2D eigenvalue weighted by Gasteiger charge is -1.91. The van der Waals surface area contributed by atoms with Crippen molar-refractivity contribution in [3.63, 3.8) is 0 Å². The van der Waals surface area contributed by atoms with E-state index in [9.17, 15) is 0 Å². The third-order valence-corrected chi connectivity index (χ3v) is 0.899. The molecule has 1 unspecified atom stereocenters. The number of rotatable bonds is 1. The topological polar surface area (TPSA) is 59.2 Å². The van der Waals surface area contributed by atoms with Gasteiger partial charge in [0.25, 0.3) is 0 Å². The molecule has 0 saturated heterocycles. The summed E-state index contributed by atoms with van der Waals surface area (Å²) < 4.78 is 4.87. The predicted octanol–water partition coefficient (Wildman–Crippen LogP) is 0.431. The van der Waals surface area contributed by atoms with Crippen LogP contribution in [0.15, 0.2) is 4.42 Å². The van der Waals surface area contributed by atoms with Crippen LogP contribution in [0, 0.1) is 6.92 Å². The number of hydrogen-bond acceptors (Lipinski definition) is 4. The van der Waals surface area contributed by atoms with E-state index in [4.69, 9.17) is 9.52 Å². The number of aromatic nitrogens is 2. The first kappa shape index (κ1) is 6.22. The Balaban J connectivity index is 2.85. The standard InChI is InChI=1S/C5H8N2O2/c1-3(8)5-7-6-4(2)9-5/h3,8H,1-2H3. The molecular weight excluding hydrogens is 120 g/mol. The van der Waals surface area contributed by atoms with Gasteiger partial charge in [-0.25, -0.2) is 0 Å². The summed E-state index contributed by atoms with van der Waals surface area (Å²) in [6, 6.07) is 0. The fraction of sp³-hybridized carbons (Fsp3) is 0.600. The predicted molar refractivity (Wildman–Crippen MR) is 29.7 cm³/mol. The lowest BCUT2D eigenvalue weighted by Crippen LogP contribution is -1.89. The second kappa shape index (κ2) is 2.14. The molecule has 1 aromatic heterocycles. The van der Waals surface area contributed by atoms with Crippen LogP contribution >= 0.6 is 0 Å². The Kier molecular flexibility index (Phi) is 1.48. The molecule has 1 aromatic rings. The zero-order valence-electron chi connectivity index (χ0n) is 5.33. The Bertz CT molecular complexity index is 195. The van der Waals surface area contributed by atoms with Crippen molar-refractivity contribution in [1.82, 2.24) is 10.2 Å². The van der Waals surface area contributed by atoms with E-state index in [1.807, 2.05) is 0 Å². The molecule has 0 aliphatic rings. The molecule has 4 heteroatoms. The minimum Gasteiger partial charge on any atom is -0.423 e. The zero-order valence-corrected chi connectivity index (χ0v) is 5.33. The largest absolute Gasteiger partial charge is 0.423 e. The van der Waals surface area contributed by atoms with Crippen LogP contribution in [0.4, 0.5) is 0 Å². The first-order chi connectivity index (χ1) is 4.20. The molecule has 0 fully saturated rings. The zero-order chi connectivity index (χ0) is 6.85. The van der Waals surface area contributed by atoms with Gasteiger partial charge in [-0.3, -0.25) is 0 Å². The summed E-state index contributed by atoms with van der Waals surface area (Å²) in [6.07, 6.45) is -0.661. The maximum Gasteiger partial charge on any atom is 0.244 e. The molecule has 0 aliphatic heterocycles. The van der Waals surface area contributed by atoms with Gasteiger partial charge >= 0.3 is 0 Å². The third-order valence-electron chi connectivity index (χ3n) is 0.899. The molecule has 0 aliphatic carbocycles. The van der Waals surface area contributed by atoms with Gasteiger partial charge in [-0.15, -0.1) is 10.2 Å². The Hall–Kier alpha value is -0.900. The fourth-order valence-electron chi connectivity index (χ4n) is 0.481. The SMILES string of the molecule is Cc1nnc(C(C)O)o1. The van der Waals surface area contributed by atoms with Crippen molar-refractivity contribution in [3.05, 3.63) is 11.8 Å². The molecule has 4 nitrogen and oxygen atoms in total. The molecule has 9 heavy (non-hydrogen) atoms. The molecule has 50 valence electrons. The Morgan fingerprint density at radius 1 is 1.56 bits per heavy atom. The van der Waals surface area contributed by atoms with E-state index in [1.165, 1.54) is 0 Å². The highest BCUT2D eigenvalue weighted by Gasteiger charge is 2.06. The van der Waals surface area contributed by atoms with Gasteiger partial charge < -0.3 is 9.52 Å². The first-order valence-corrected chi connectivity index (χ1v) is 2.68. The highest BCUT2D eigenvalue weighted by molar-refractivity contribution is 4.81. The van der Waals surface area contributed by atoms with Gasteiger partial charge in [-0.1, -0.05) is 0 Å². The molecule has 1 heterocycles. The lowest BCUT2D eigenvalue weighted by molar-refractivity contribution is 0.161. The van der Waals surface area contributed by atoms with Crippen LogP contribution in [0.2, 0.25) is 0 Å². The molecule has 1 rings (SSSR count). The Morgan fingerprint density at radius 2 is 2.22 bits per heavy atom. The summed E-state index contributed by atoms with van der Waals surface area (Å²) in [4.78, 5) is 0. The van der Waals surface area contributed by atoms with Crippen LogP contribution < -0.4 is 0 Å². The molecule has 0 bridgehead atoms. The minimum absolute atomic E-state index is 0.271. The highest BCUT2D eigenvalue weighted by Crippen LogP contribution is 2.07. The molecule has 0 radical (unpaired) electrons. The number of aryl methyl sites for hydroxylation is 1. The third kappa shape index (κ3) is 1.26. The van der Waals surface area contributed by atoms with Gasteiger partial charge in [0.15, 0.2) is 0 Å². The van der Waals surface area contributed by atoms with Crippen molar-refractivity contribution in [2.24, 2.45) is 0 Å². The quantitative estimate of drug-likeness (QED) is 0.595. The molecule has 0 saturated carbocycles. The summed E-state index contributed by atoms with van der Waals surface area (Å²) >= 11 is 0. The molecule has 1 atom stereocenters. The van der Waals surface area contributed by atoms with Crippen LogP contribution in [-0.2, 0) is 0 Å². The average molecular weight is 128 g/mol. The van der Waals surface area contributed by atoms with Gasteiger partial charge in [0.2, 0.25) is 11.8 Å². The van der Waals surface area contributed by atoms with Gasteiger partial charge in [-0.05, 0) is 6.92 Å².